The van der Waals surface area contributed by atoms with Crippen molar-refractivity contribution in [3.8, 4) is 0 Å². The number of hydrogen-bond acceptors (Lipinski definition) is 7. The highest BCUT2D eigenvalue weighted by Crippen LogP contribution is 2.47. The van der Waals surface area contributed by atoms with E-state index in [2.05, 4.69) is 28.3 Å². The topological polar surface area (TPSA) is 107 Å². The van der Waals surface area contributed by atoms with Gasteiger partial charge in [-0.3, -0.25) is 15.0 Å². The Morgan fingerprint density at radius 2 is 2.22 bits per heavy atom. The molecule has 1 aromatic carbocycles. The van der Waals surface area contributed by atoms with Crippen LogP contribution in [0.25, 0.3) is 10.2 Å². The van der Waals surface area contributed by atoms with Crippen molar-refractivity contribution in [2.75, 3.05) is 36.5 Å². The lowest BCUT2D eigenvalue weighted by Gasteiger charge is -2.34. The van der Waals surface area contributed by atoms with Gasteiger partial charge in [0.25, 0.3) is 0 Å². The molecule has 3 N–H and O–H groups in total. The molecular formula is C26H27N5O4S. The second kappa shape index (κ2) is 9.29. The fourth-order valence-electron chi connectivity index (χ4n) is 5.14. The van der Waals surface area contributed by atoms with Crippen LogP contribution < -0.4 is 15.5 Å². The van der Waals surface area contributed by atoms with Gasteiger partial charge >= 0.3 is 6.03 Å². The van der Waals surface area contributed by atoms with Crippen LogP contribution in [0.5, 0.6) is 0 Å². The molecule has 2 atom stereocenters. The second-order valence-corrected chi connectivity index (χ2v) is 10.4. The molecule has 186 valence electrons. The largest absolute Gasteiger partial charge is 0.380 e. The van der Waals surface area contributed by atoms with Crippen molar-refractivity contribution in [1.29, 1.82) is 0 Å². The minimum Gasteiger partial charge on any atom is -0.380 e. The molecule has 2 aromatic heterocycles. The number of carbonyl (C=O) groups is 2. The summed E-state index contributed by atoms with van der Waals surface area (Å²) in [4.78, 5) is 34.7. The summed E-state index contributed by atoms with van der Waals surface area (Å²) >= 11 is 1.35. The maximum atomic E-state index is 13.4. The first-order chi connectivity index (χ1) is 17.5. The Kier molecular flexibility index (Phi) is 5.96. The fraction of sp³-hybridized carbons (Fsp3) is 0.346. The van der Waals surface area contributed by atoms with Crippen molar-refractivity contribution < 1.29 is 19.4 Å². The van der Waals surface area contributed by atoms with Gasteiger partial charge in [0.2, 0.25) is 5.91 Å². The van der Waals surface area contributed by atoms with E-state index >= 15 is 0 Å². The number of amides is 3. The van der Waals surface area contributed by atoms with Crippen LogP contribution in [0.4, 0.5) is 21.9 Å². The predicted octanol–water partition coefficient (Wildman–Crippen LogP) is 3.85. The van der Waals surface area contributed by atoms with Gasteiger partial charge in [-0.1, -0.05) is 18.7 Å². The average molecular weight is 506 g/mol. The van der Waals surface area contributed by atoms with Gasteiger partial charge in [0.1, 0.15) is 11.1 Å². The number of pyridine rings is 1. The van der Waals surface area contributed by atoms with Crippen molar-refractivity contribution in [2.45, 2.75) is 31.0 Å². The number of carbonyl (C=O) groups excluding carboxylic acids is 2. The molecule has 36 heavy (non-hydrogen) atoms. The third-order valence-corrected chi connectivity index (χ3v) is 8.21. The Balaban J connectivity index is 1.31. The molecule has 0 saturated carbocycles. The summed E-state index contributed by atoms with van der Waals surface area (Å²) in [5.41, 5.74) is 3.23. The third-order valence-electron chi connectivity index (χ3n) is 7.06. The van der Waals surface area contributed by atoms with Crippen molar-refractivity contribution in [2.24, 2.45) is 0 Å². The number of aliphatic hydroxyl groups is 1. The molecular weight excluding hydrogens is 478 g/mol. The Morgan fingerprint density at radius 1 is 1.36 bits per heavy atom. The molecule has 2 fully saturated rings. The normalized spacial score (nSPS) is 20.7. The number of thiophene rings is 1. The first-order valence-electron chi connectivity index (χ1n) is 12.1. The first kappa shape index (κ1) is 23.1. The van der Waals surface area contributed by atoms with Crippen LogP contribution in [0.15, 0.2) is 49.2 Å². The van der Waals surface area contributed by atoms with Crippen LogP contribution in [-0.2, 0) is 9.53 Å². The number of benzene rings is 1. The van der Waals surface area contributed by atoms with Gasteiger partial charge in [0.15, 0.2) is 0 Å². The second-order valence-electron chi connectivity index (χ2n) is 9.34. The van der Waals surface area contributed by atoms with Gasteiger partial charge in [-0.25, -0.2) is 9.78 Å². The summed E-state index contributed by atoms with van der Waals surface area (Å²) in [7, 11) is 0. The van der Waals surface area contributed by atoms with Crippen molar-refractivity contribution >= 4 is 50.6 Å². The molecule has 0 bridgehead atoms. The zero-order chi connectivity index (χ0) is 24.8. The monoisotopic (exact) mass is 505 g/mol. The molecule has 6 rings (SSSR count). The van der Waals surface area contributed by atoms with Crippen LogP contribution in [0.2, 0.25) is 0 Å². The van der Waals surface area contributed by atoms with E-state index in [1.54, 1.807) is 16.0 Å². The molecule has 0 radical (unpaired) electrons. The highest BCUT2D eigenvalue weighted by molar-refractivity contribution is 7.19. The molecule has 9 nitrogen and oxygen atoms in total. The molecule has 2 saturated heterocycles. The van der Waals surface area contributed by atoms with Crippen LogP contribution in [0, 0.1) is 0 Å². The van der Waals surface area contributed by atoms with E-state index in [1.807, 2.05) is 24.3 Å². The van der Waals surface area contributed by atoms with Crippen LogP contribution in [0.3, 0.4) is 0 Å². The SMILES string of the molecule is C=CC(=O)N1CCC[C@@H](NC(O)c2sc3nccc4c3c2NC(=O)N4c2cccc(C3COC3)c2)C1. The zero-order valence-corrected chi connectivity index (χ0v) is 20.5. The minimum atomic E-state index is -1.01. The van der Waals surface area contributed by atoms with Gasteiger partial charge in [0.05, 0.1) is 40.5 Å². The Hall–Kier alpha value is -3.31. The molecule has 10 heteroatoms. The van der Waals surface area contributed by atoms with E-state index in [4.69, 9.17) is 4.74 Å². The number of anilines is 3. The maximum Gasteiger partial charge on any atom is 0.331 e. The summed E-state index contributed by atoms with van der Waals surface area (Å²) in [5, 5.41) is 18.2. The summed E-state index contributed by atoms with van der Waals surface area (Å²) < 4.78 is 5.34. The number of likely N-dealkylation sites (tertiary alicyclic amines) is 1. The highest BCUT2D eigenvalue weighted by atomic mass is 32.1. The number of hydrogen-bond donors (Lipinski definition) is 3. The molecule has 3 aliphatic rings. The quantitative estimate of drug-likeness (QED) is 0.347. The molecule has 1 unspecified atom stereocenters. The van der Waals surface area contributed by atoms with Crippen LogP contribution >= 0.6 is 11.3 Å². The highest BCUT2D eigenvalue weighted by Gasteiger charge is 2.34. The molecule has 5 heterocycles. The van der Waals surface area contributed by atoms with E-state index in [0.717, 1.165) is 40.0 Å². The number of rotatable bonds is 6. The first-order valence-corrected chi connectivity index (χ1v) is 12.9. The standard InChI is InChI=1S/C26H27N5O4S/c1-2-20(32)30-10-4-6-17(12-30)28-24(33)23-22-21-19(8-9-27-25(21)36-23)31(26(34)29-22)18-7-3-5-15(11-18)16-13-35-14-16/h2-3,5,7-9,11,16-17,24,28,33H,1,4,6,10,12-14H2,(H,29,34)/t17-,24?/m1/s1. The number of aromatic nitrogens is 1. The summed E-state index contributed by atoms with van der Waals surface area (Å²) in [5.74, 6) is 0.236. The van der Waals surface area contributed by atoms with E-state index < -0.39 is 6.23 Å². The van der Waals surface area contributed by atoms with Crippen molar-refractivity contribution in [3.63, 3.8) is 0 Å². The number of piperidine rings is 1. The smallest absolute Gasteiger partial charge is 0.331 e. The molecule has 0 spiro atoms. The minimum absolute atomic E-state index is 0.0727. The maximum absolute atomic E-state index is 13.4. The number of aliphatic hydroxyl groups excluding tert-OH is 1. The molecule has 3 aliphatic heterocycles. The van der Waals surface area contributed by atoms with E-state index in [1.165, 1.54) is 17.4 Å². The van der Waals surface area contributed by atoms with E-state index in [9.17, 15) is 14.7 Å². The Morgan fingerprint density at radius 3 is 3.00 bits per heavy atom. The average Bonchev–Trinajstić information content (AvgIpc) is 3.22. The van der Waals surface area contributed by atoms with Gasteiger partial charge in [-0.15, -0.1) is 11.3 Å². The number of nitrogens with one attached hydrogen (secondary N) is 2. The fourth-order valence-corrected chi connectivity index (χ4v) is 6.21. The van der Waals surface area contributed by atoms with Crippen LogP contribution in [-0.4, -0.2) is 59.3 Å². The zero-order valence-electron chi connectivity index (χ0n) is 19.6. The van der Waals surface area contributed by atoms with Crippen molar-refractivity contribution in [3.05, 3.63) is 59.6 Å². The molecule has 3 aromatic rings. The van der Waals surface area contributed by atoms with Gasteiger partial charge in [-0.05, 0) is 42.7 Å². The summed E-state index contributed by atoms with van der Waals surface area (Å²) in [6.45, 7) is 6.13. The lowest BCUT2D eigenvalue weighted by Crippen LogP contribution is -2.48. The number of nitrogens with zero attached hydrogens (tertiary/aromatic N) is 3. The van der Waals surface area contributed by atoms with Crippen LogP contribution in [0.1, 0.15) is 35.4 Å². The summed E-state index contributed by atoms with van der Waals surface area (Å²) in [6.07, 6.45) is 3.68. The summed E-state index contributed by atoms with van der Waals surface area (Å²) in [6, 6.07) is 9.45. The lowest BCUT2D eigenvalue weighted by molar-refractivity contribution is -0.127. The molecule has 3 amide bonds. The molecule has 0 aliphatic carbocycles. The predicted molar refractivity (Wildman–Crippen MR) is 139 cm³/mol. The Bertz CT molecular complexity index is 1350. The number of ether oxygens (including phenoxy) is 1. The lowest BCUT2D eigenvalue weighted by atomic mass is 9.97. The van der Waals surface area contributed by atoms with E-state index in [-0.39, 0.29) is 18.0 Å². The van der Waals surface area contributed by atoms with E-state index in [0.29, 0.717) is 42.8 Å². The van der Waals surface area contributed by atoms with Gasteiger partial charge in [0, 0.05) is 31.2 Å². The third kappa shape index (κ3) is 3.96. The number of urea groups is 1. The van der Waals surface area contributed by atoms with Gasteiger partial charge in [-0.2, -0.15) is 0 Å². The van der Waals surface area contributed by atoms with Gasteiger partial charge < -0.3 is 20.1 Å². The Labute approximate surface area is 212 Å². The van der Waals surface area contributed by atoms with Crippen molar-refractivity contribution in [1.82, 2.24) is 15.2 Å².